The van der Waals surface area contributed by atoms with Crippen molar-refractivity contribution < 1.29 is 0 Å². The van der Waals surface area contributed by atoms with Crippen LogP contribution in [0.2, 0.25) is 0 Å². The van der Waals surface area contributed by atoms with Gasteiger partial charge >= 0.3 is 0 Å². The lowest BCUT2D eigenvalue weighted by molar-refractivity contribution is 0.270. The van der Waals surface area contributed by atoms with Gasteiger partial charge in [0.15, 0.2) is 0 Å². The molecule has 0 aromatic carbocycles. The maximum Gasteiger partial charge on any atom is 0.0644 e. The summed E-state index contributed by atoms with van der Waals surface area (Å²) < 4.78 is 2.24. The van der Waals surface area contributed by atoms with Crippen molar-refractivity contribution in [2.75, 3.05) is 0 Å². The fraction of sp³-hybridized carbons (Fsp3) is 0.786. The van der Waals surface area contributed by atoms with Crippen LogP contribution in [0.5, 0.6) is 0 Å². The zero-order valence-electron chi connectivity index (χ0n) is 11.5. The van der Waals surface area contributed by atoms with Gasteiger partial charge in [-0.3, -0.25) is 4.68 Å². The molecule has 1 saturated carbocycles. The molecule has 17 heavy (non-hydrogen) atoms. The largest absolute Gasteiger partial charge is 0.324 e. The Bertz CT molecular complexity index is 384. The summed E-state index contributed by atoms with van der Waals surface area (Å²) in [6.07, 6.45) is 5.19. The van der Waals surface area contributed by atoms with Crippen LogP contribution in [0.25, 0.3) is 0 Å². The minimum atomic E-state index is 0.0891. The predicted molar refractivity (Wildman–Crippen MR) is 71.0 cm³/mol. The molecule has 0 aliphatic heterocycles. The number of aryl methyl sites for hydroxylation is 1. The molecule has 1 aliphatic rings. The summed E-state index contributed by atoms with van der Waals surface area (Å²) in [5.41, 5.74) is 9.65. The van der Waals surface area contributed by atoms with E-state index in [0.29, 0.717) is 6.04 Å². The van der Waals surface area contributed by atoms with Crippen LogP contribution < -0.4 is 5.73 Å². The Morgan fingerprint density at radius 3 is 2.29 bits per heavy atom. The first kappa shape index (κ1) is 12.6. The third-order valence-electron chi connectivity index (χ3n) is 4.17. The molecule has 2 rings (SSSR count). The third-order valence-corrected chi connectivity index (χ3v) is 4.17. The molecule has 1 atom stereocenters. The van der Waals surface area contributed by atoms with Crippen molar-refractivity contribution in [3.63, 3.8) is 0 Å². The zero-order chi connectivity index (χ0) is 12.6. The smallest absolute Gasteiger partial charge is 0.0644 e. The summed E-state index contributed by atoms with van der Waals surface area (Å²) in [6.45, 7) is 8.64. The SMILES string of the molecule is Cc1nn(C2CCC(C)CC2)c(C)c1C(C)N. The van der Waals surface area contributed by atoms with Crippen molar-refractivity contribution >= 4 is 0 Å². The van der Waals surface area contributed by atoms with Crippen molar-refractivity contribution in [1.82, 2.24) is 9.78 Å². The Labute approximate surface area is 104 Å². The van der Waals surface area contributed by atoms with E-state index in [1.165, 1.54) is 36.9 Å². The molecule has 0 spiro atoms. The molecule has 0 amide bonds. The van der Waals surface area contributed by atoms with Gasteiger partial charge in [0, 0.05) is 17.3 Å². The molecular formula is C14H25N3. The Kier molecular flexibility index (Phi) is 3.57. The average molecular weight is 235 g/mol. The normalized spacial score (nSPS) is 27.1. The van der Waals surface area contributed by atoms with Crippen LogP contribution in [0.1, 0.15) is 68.6 Å². The summed E-state index contributed by atoms with van der Waals surface area (Å²) >= 11 is 0. The van der Waals surface area contributed by atoms with Gasteiger partial charge in [-0.05, 0) is 52.4 Å². The standard InChI is InChI=1S/C14H25N3/c1-9-5-7-13(8-6-9)17-12(4)14(10(2)15)11(3)16-17/h9-10,13H,5-8,15H2,1-4H3. The van der Waals surface area contributed by atoms with Crippen LogP contribution in [-0.2, 0) is 0 Å². The van der Waals surface area contributed by atoms with E-state index in [4.69, 9.17) is 10.8 Å². The minimum absolute atomic E-state index is 0.0891. The molecular weight excluding hydrogens is 210 g/mol. The van der Waals surface area contributed by atoms with Crippen LogP contribution in [0, 0.1) is 19.8 Å². The number of rotatable bonds is 2. The van der Waals surface area contributed by atoms with E-state index in [9.17, 15) is 0 Å². The van der Waals surface area contributed by atoms with Crippen molar-refractivity contribution in [3.8, 4) is 0 Å². The van der Waals surface area contributed by atoms with Crippen LogP contribution in [0.3, 0.4) is 0 Å². The van der Waals surface area contributed by atoms with Crippen molar-refractivity contribution in [3.05, 3.63) is 17.0 Å². The molecule has 1 unspecified atom stereocenters. The highest BCUT2D eigenvalue weighted by Crippen LogP contribution is 2.33. The van der Waals surface area contributed by atoms with Gasteiger partial charge in [0.1, 0.15) is 0 Å². The van der Waals surface area contributed by atoms with Gasteiger partial charge in [-0.15, -0.1) is 0 Å². The minimum Gasteiger partial charge on any atom is -0.324 e. The number of nitrogens with zero attached hydrogens (tertiary/aromatic N) is 2. The van der Waals surface area contributed by atoms with E-state index in [2.05, 4.69) is 25.5 Å². The van der Waals surface area contributed by atoms with E-state index in [1.54, 1.807) is 0 Å². The number of hydrogen-bond donors (Lipinski definition) is 1. The molecule has 3 heteroatoms. The van der Waals surface area contributed by atoms with Gasteiger partial charge < -0.3 is 5.73 Å². The van der Waals surface area contributed by atoms with Gasteiger partial charge in [-0.1, -0.05) is 6.92 Å². The highest BCUT2D eigenvalue weighted by atomic mass is 15.3. The summed E-state index contributed by atoms with van der Waals surface area (Å²) in [4.78, 5) is 0. The number of hydrogen-bond acceptors (Lipinski definition) is 2. The molecule has 3 nitrogen and oxygen atoms in total. The Morgan fingerprint density at radius 1 is 1.24 bits per heavy atom. The van der Waals surface area contributed by atoms with E-state index in [1.807, 2.05) is 6.92 Å². The van der Waals surface area contributed by atoms with Crippen LogP contribution in [-0.4, -0.2) is 9.78 Å². The second-order valence-electron chi connectivity index (χ2n) is 5.73. The number of nitrogens with two attached hydrogens (primary N) is 1. The number of aromatic nitrogens is 2. The Hall–Kier alpha value is -0.830. The molecule has 0 saturated heterocycles. The van der Waals surface area contributed by atoms with E-state index in [-0.39, 0.29) is 6.04 Å². The second-order valence-corrected chi connectivity index (χ2v) is 5.73. The summed E-state index contributed by atoms with van der Waals surface area (Å²) in [7, 11) is 0. The second kappa shape index (κ2) is 4.81. The molecule has 0 bridgehead atoms. The van der Waals surface area contributed by atoms with E-state index in [0.717, 1.165) is 11.6 Å². The van der Waals surface area contributed by atoms with Crippen LogP contribution >= 0.6 is 0 Å². The lowest BCUT2D eigenvalue weighted by atomic mass is 9.87. The highest BCUT2D eigenvalue weighted by molar-refractivity contribution is 5.27. The zero-order valence-corrected chi connectivity index (χ0v) is 11.5. The maximum absolute atomic E-state index is 6.03. The first-order valence-corrected chi connectivity index (χ1v) is 6.82. The summed E-state index contributed by atoms with van der Waals surface area (Å²) in [5.74, 6) is 0.885. The van der Waals surface area contributed by atoms with Crippen molar-refractivity contribution in [1.29, 1.82) is 0 Å². The Balaban J connectivity index is 2.24. The summed E-state index contributed by atoms with van der Waals surface area (Å²) in [6, 6.07) is 0.684. The van der Waals surface area contributed by atoms with Gasteiger partial charge in [0.25, 0.3) is 0 Å². The third kappa shape index (κ3) is 2.39. The van der Waals surface area contributed by atoms with E-state index >= 15 is 0 Å². The lowest BCUT2D eigenvalue weighted by Crippen LogP contribution is -2.19. The summed E-state index contributed by atoms with van der Waals surface area (Å²) in [5, 5.41) is 4.72. The predicted octanol–water partition coefficient (Wildman–Crippen LogP) is 3.27. The molecule has 1 heterocycles. The molecule has 1 aromatic heterocycles. The first-order valence-electron chi connectivity index (χ1n) is 6.82. The Morgan fingerprint density at radius 2 is 1.82 bits per heavy atom. The quantitative estimate of drug-likeness (QED) is 0.855. The van der Waals surface area contributed by atoms with Crippen molar-refractivity contribution in [2.45, 2.75) is 65.5 Å². The molecule has 96 valence electrons. The molecule has 1 fully saturated rings. The molecule has 2 N–H and O–H groups in total. The highest BCUT2D eigenvalue weighted by Gasteiger charge is 2.24. The fourth-order valence-corrected chi connectivity index (χ4v) is 3.18. The van der Waals surface area contributed by atoms with Gasteiger partial charge in [0.05, 0.1) is 11.7 Å². The molecule has 1 aromatic rings. The van der Waals surface area contributed by atoms with Crippen LogP contribution in [0.15, 0.2) is 0 Å². The van der Waals surface area contributed by atoms with Crippen LogP contribution in [0.4, 0.5) is 0 Å². The molecule has 1 aliphatic carbocycles. The monoisotopic (exact) mass is 235 g/mol. The maximum atomic E-state index is 6.03. The van der Waals surface area contributed by atoms with Gasteiger partial charge in [0.2, 0.25) is 0 Å². The first-order chi connectivity index (χ1) is 8.00. The van der Waals surface area contributed by atoms with Gasteiger partial charge in [-0.25, -0.2) is 0 Å². The van der Waals surface area contributed by atoms with E-state index < -0.39 is 0 Å². The van der Waals surface area contributed by atoms with Crippen molar-refractivity contribution in [2.24, 2.45) is 11.7 Å². The molecule has 0 radical (unpaired) electrons. The fourth-order valence-electron chi connectivity index (χ4n) is 3.18. The average Bonchev–Trinajstić information content (AvgIpc) is 2.55. The van der Waals surface area contributed by atoms with Gasteiger partial charge in [-0.2, -0.15) is 5.10 Å². The topological polar surface area (TPSA) is 43.8 Å². The lowest BCUT2D eigenvalue weighted by Gasteiger charge is -2.27.